The average molecular weight is 262 g/mol. The quantitative estimate of drug-likeness (QED) is 0.920. The Morgan fingerprint density at radius 3 is 2.72 bits per heavy atom. The van der Waals surface area contributed by atoms with Crippen LogP contribution in [-0.2, 0) is 12.8 Å². The van der Waals surface area contributed by atoms with Crippen LogP contribution in [0.4, 0.5) is 0 Å². The summed E-state index contributed by atoms with van der Waals surface area (Å²) in [5.74, 6) is 0.798. The molecule has 0 fully saturated rings. The molecule has 0 saturated carbocycles. The maximum Gasteiger partial charge on any atom is 0.133 e. The Bertz CT molecular complexity index is 540. The van der Waals surface area contributed by atoms with Crippen molar-refractivity contribution in [3.8, 4) is 0 Å². The normalized spacial score (nSPS) is 10.6. The summed E-state index contributed by atoms with van der Waals surface area (Å²) in [5, 5.41) is 0.753. The average Bonchev–Trinajstić information content (AvgIpc) is 2.32. The molecule has 1 heterocycles. The predicted octanol–water partition coefficient (Wildman–Crippen LogP) is 2.53. The molecule has 0 spiro atoms. The van der Waals surface area contributed by atoms with Crippen molar-refractivity contribution in [3.63, 3.8) is 0 Å². The van der Waals surface area contributed by atoms with Gasteiger partial charge in [-0.15, -0.1) is 0 Å². The van der Waals surface area contributed by atoms with Crippen molar-refractivity contribution in [1.82, 2.24) is 9.97 Å². The summed E-state index contributed by atoms with van der Waals surface area (Å²) < 4.78 is 0. The van der Waals surface area contributed by atoms with Crippen LogP contribution in [0.5, 0.6) is 0 Å². The third-order valence-electron chi connectivity index (χ3n) is 2.66. The number of hydrogen-bond acceptors (Lipinski definition) is 3. The van der Waals surface area contributed by atoms with Crippen LogP contribution in [0, 0.1) is 6.92 Å². The van der Waals surface area contributed by atoms with E-state index >= 15 is 0 Å². The minimum absolute atomic E-state index is 0.599. The molecular formula is C14H16ClN3. The monoisotopic (exact) mass is 261 g/mol. The van der Waals surface area contributed by atoms with Gasteiger partial charge in [-0.05, 0) is 31.2 Å². The van der Waals surface area contributed by atoms with Crippen molar-refractivity contribution < 1.29 is 0 Å². The van der Waals surface area contributed by atoms with E-state index in [0.29, 0.717) is 13.0 Å². The van der Waals surface area contributed by atoms with Gasteiger partial charge in [0.05, 0.1) is 0 Å². The summed E-state index contributed by atoms with van der Waals surface area (Å²) >= 11 is 6.14. The molecule has 1 aromatic heterocycles. The SMILES string of the molecule is Cc1cc(CCN)nc(Cc2ccccc2Cl)n1. The molecular weight excluding hydrogens is 246 g/mol. The topological polar surface area (TPSA) is 51.8 Å². The lowest BCUT2D eigenvalue weighted by molar-refractivity contribution is 0.853. The smallest absolute Gasteiger partial charge is 0.133 e. The Morgan fingerprint density at radius 2 is 2.00 bits per heavy atom. The molecule has 0 amide bonds. The summed E-state index contributed by atoms with van der Waals surface area (Å²) in [5.41, 5.74) is 8.56. The highest BCUT2D eigenvalue weighted by Crippen LogP contribution is 2.17. The molecule has 2 aromatic rings. The Kier molecular flexibility index (Phi) is 4.28. The number of nitrogens with two attached hydrogens (primary N) is 1. The van der Waals surface area contributed by atoms with Gasteiger partial charge in [-0.1, -0.05) is 29.8 Å². The first-order chi connectivity index (χ1) is 8.69. The number of aryl methyl sites for hydroxylation is 1. The molecule has 0 bridgehead atoms. The summed E-state index contributed by atoms with van der Waals surface area (Å²) in [7, 11) is 0. The first-order valence-corrected chi connectivity index (χ1v) is 6.33. The van der Waals surface area contributed by atoms with Crippen molar-refractivity contribution >= 4 is 11.6 Å². The fourth-order valence-corrected chi connectivity index (χ4v) is 2.07. The molecule has 0 unspecified atom stereocenters. The molecule has 2 rings (SSSR count). The Balaban J connectivity index is 2.26. The molecule has 0 aliphatic rings. The van der Waals surface area contributed by atoms with Gasteiger partial charge in [0, 0.05) is 29.3 Å². The maximum absolute atomic E-state index is 6.14. The molecule has 18 heavy (non-hydrogen) atoms. The Hall–Kier alpha value is -1.45. The van der Waals surface area contributed by atoms with Crippen molar-refractivity contribution in [2.45, 2.75) is 19.8 Å². The van der Waals surface area contributed by atoms with Gasteiger partial charge in [0.25, 0.3) is 0 Å². The van der Waals surface area contributed by atoms with Crippen LogP contribution < -0.4 is 5.73 Å². The fraction of sp³-hybridized carbons (Fsp3) is 0.286. The minimum atomic E-state index is 0.599. The van der Waals surface area contributed by atoms with E-state index in [1.165, 1.54) is 0 Å². The van der Waals surface area contributed by atoms with Gasteiger partial charge in [-0.2, -0.15) is 0 Å². The highest BCUT2D eigenvalue weighted by atomic mass is 35.5. The van der Waals surface area contributed by atoms with Crippen LogP contribution in [0.3, 0.4) is 0 Å². The molecule has 0 atom stereocenters. The number of nitrogens with zero attached hydrogens (tertiary/aromatic N) is 2. The van der Waals surface area contributed by atoms with Crippen LogP contribution in [0.15, 0.2) is 30.3 Å². The molecule has 0 aliphatic heterocycles. The Labute approximate surface area is 112 Å². The van der Waals surface area contributed by atoms with Crippen LogP contribution >= 0.6 is 11.6 Å². The van der Waals surface area contributed by atoms with E-state index in [1.54, 1.807) is 0 Å². The minimum Gasteiger partial charge on any atom is -0.330 e. The van der Waals surface area contributed by atoms with Crippen molar-refractivity contribution in [2.75, 3.05) is 6.54 Å². The number of hydrogen-bond donors (Lipinski definition) is 1. The van der Waals surface area contributed by atoms with Crippen LogP contribution in [0.25, 0.3) is 0 Å². The van der Waals surface area contributed by atoms with E-state index in [1.807, 2.05) is 37.3 Å². The van der Waals surface area contributed by atoms with E-state index in [0.717, 1.165) is 34.2 Å². The van der Waals surface area contributed by atoms with Gasteiger partial charge in [0.1, 0.15) is 5.82 Å². The van der Waals surface area contributed by atoms with Crippen molar-refractivity contribution in [3.05, 3.63) is 58.1 Å². The molecule has 94 valence electrons. The second kappa shape index (κ2) is 5.94. The van der Waals surface area contributed by atoms with Gasteiger partial charge >= 0.3 is 0 Å². The number of aromatic nitrogens is 2. The zero-order valence-corrected chi connectivity index (χ0v) is 11.1. The summed E-state index contributed by atoms with van der Waals surface area (Å²) in [6.07, 6.45) is 1.43. The summed E-state index contributed by atoms with van der Waals surface area (Å²) in [4.78, 5) is 8.95. The second-order valence-corrected chi connectivity index (χ2v) is 4.63. The maximum atomic E-state index is 6.14. The van der Waals surface area contributed by atoms with E-state index in [-0.39, 0.29) is 0 Å². The zero-order chi connectivity index (χ0) is 13.0. The molecule has 1 aromatic carbocycles. The lowest BCUT2D eigenvalue weighted by Gasteiger charge is -2.06. The number of benzene rings is 1. The highest BCUT2D eigenvalue weighted by molar-refractivity contribution is 6.31. The van der Waals surface area contributed by atoms with Gasteiger partial charge in [0.2, 0.25) is 0 Å². The number of halogens is 1. The van der Waals surface area contributed by atoms with Gasteiger partial charge in [-0.25, -0.2) is 9.97 Å². The van der Waals surface area contributed by atoms with E-state index in [2.05, 4.69) is 9.97 Å². The van der Waals surface area contributed by atoms with Crippen molar-refractivity contribution in [2.24, 2.45) is 5.73 Å². The Morgan fingerprint density at radius 1 is 1.22 bits per heavy atom. The molecule has 2 N–H and O–H groups in total. The first-order valence-electron chi connectivity index (χ1n) is 5.96. The zero-order valence-electron chi connectivity index (χ0n) is 10.4. The summed E-state index contributed by atoms with van der Waals surface area (Å²) in [6.45, 7) is 2.57. The fourth-order valence-electron chi connectivity index (χ4n) is 1.87. The van der Waals surface area contributed by atoms with Crippen molar-refractivity contribution in [1.29, 1.82) is 0 Å². The predicted molar refractivity (Wildman–Crippen MR) is 73.8 cm³/mol. The molecule has 3 nitrogen and oxygen atoms in total. The largest absolute Gasteiger partial charge is 0.330 e. The highest BCUT2D eigenvalue weighted by Gasteiger charge is 2.05. The lowest BCUT2D eigenvalue weighted by atomic mass is 10.1. The van der Waals surface area contributed by atoms with Crippen LogP contribution in [0.2, 0.25) is 5.02 Å². The first kappa shape index (κ1) is 13.0. The third-order valence-corrected chi connectivity index (χ3v) is 3.03. The molecule has 0 radical (unpaired) electrons. The number of rotatable bonds is 4. The van der Waals surface area contributed by atoms with Gasteiger partial charge in [0.15, 0.2) is 0 Å². The van der Waals surface area contributed by atoms with E-state index in [9.17, 15) is 0 Å². The second-order valence-electron chi connectivity index (χ2n) is 4.22. The lowest BCUT2D eigenvalue weighted by Crippen LogP contribution is -2.08. The van der Waals surface area contributed by atoms with Crippen LogP contribution in [0.1, 0.15) is 22.8 Å². The van der Waals surface area contributed by atoms with Gasteiger partial charge in [-0.3, -0.25) is 0 Å². The molecule has 0 aliphatic carbocycles. The van der Waals surface area contributed by atoms with Gasteiger partial charge < -0.3 is 5.73 Å². The standard InChI is InChI=1S/C14H16ClN3/c1-10-8-12(6-7-16)18-14(17-10)9-11-4-2-3-5-13(11)15/h2-5,8H,6-7,9,16H2,1H3. The molecule has 4 heteroatoms. The molecule has 0 saturated heterocycles. The van der Waals surface area contributed by atoms with E-state index < -0.39 is 0 Å². The van der Waals surface area contributed by atoms with E-state index in [4.69, 9.17) is 17.3 Å². The third kappa shape index (κ3) is 3.28. The van der Waals surface area contributed by atoms with Crippen LogP contribution in [-0.4, -0.2) is 16.5 Å². The summed E-state index contributed by atoms with van der Waals surface area (Å²) in [6, 6.07) is 9.74.